The van der Waals surface area contributed by atoms with E-state index in [9.17, 15) is 8.42 Å². The highest BCUT2D eigenvalue weighted by molar-refractivity contribution is 7.91. The third-order valence-electron chi connectivity index (χ3n) is 5.82. The molecule has 0 bridgehead atoms. The summed E-state index contributed by atoms with van der Waals surface area (Å²) in [5.41, 5.74) is 1.54. The van der Waals surface area contributed by atoms with Crippen LogP contribution >= 0.6 is 0 Å². The van der Waals surface area contributed by atoms with Gasteiger partial charge in [-0.25, -0.2) is 8.42 Å². The van der Waals surface area contributed by atoms with Crippen LogP contribution in [0.25, 0.3) is 5.69 Å². The van der Waals surface area contributed by atoms with E-state index in [0.29, 0.717) is 38.3 Å². The molecule has 1 heterocycles. The Labute approximate surface area is 235 Å². The lowest BCUT2D eigenvalue weighted by molar-refractivity contribution is -0.135. The number of tetrazole rings is 1. The van der Waals surface area contributed by atoms with Crippen molar-refractivity contribution in [1.82, 2.24) is 20.2 Å². The number of nitrogens with zero attached hydrogens (tertiary/aromatic N) is 4. The summed E-state index contributed by atoms with van der Waals surface area (Å²) in [5.74, 6) is 0.522. The minimum Gasteiger partial charge on any atom is -0.497 e. The highest BCUT2D eigenvalue weighted by Crippen LogP contribution is 2.18. The topological polar surface area (TPSA) is 124 Å². The molecule has 0 saturated carbocycles. The fourth-order valence-electron chi connectivity index (χ4n) is 3.67. The number of ether oxygens (including phenoxy) is 5. The third-order valence-corrected chi connectivity index (χ3v) is 7.26. The van der Waals surface area contributed by atoms with E-state index in [4.69, 9.17) is 23.7 Å². The number of hydrogen-bond donors (Lipinski definition) is 0. The van der Waals surface area contributed by atoms with Gasteiger partial charge in [0, 0.05) is 7.11 Å². The van der Waals surface area contributed by atoms with Gasteiger partial charge in [0.05, 0.1) is 44.5 Å². The summed E-state index contributed by atoms with van der Waals surface area (Å²) in [6.07, 6.45) is 5.38. The molecular weight excluding hydrogens is 536 g/mol. The van der Waals surface area contributed by atoms with Crippen molar-refractivity contribution in [3.8, 4) is 11.4 Å². The summed E-state index contributed by atoms with van der Waals surface area (Å²) in [6.45, 7) is 5.18. The van der Waals surface area contributed by atoms with Crippen molar-refractivity contribution in [1.29, 1.82) is 0 Å². The molecule has 0 aliphatic rings. The second-order valence-corrected chi connectivity index (χ2v) is 10.6. The summed E-state index contributed by atoms with van der Waals surface area (Å²) < 4.78 is 54.8. The molecule has 40 heavy (non-hydrogen) atoms. The Morgan fingerprint density at radius 1 is 1.00 bits per heavy atom. The highest BCUT2D eigenvalue weighted by Gasteiger charge is 2.23. The maximum atomic E-state index is 12.9. The second kappa shape index (κ2) is 16.6. The van der Waals surface area contributed by atoms with Gasteiger partial charge in [-0.3, -0.25) is 0 Å². The van der Waals surface area contributed by atoms with Crippen LogP contribution in [0.4, 0.5) is 0 Å². The fraction of sp³-hybridized carbons (Fsp3) is 0.393. The molecule has 2 atom stereocenters. The van der Waals surface area contributed by atoms with Crippen LogP contribution in [0, 0.1) is 0 Å². The Morgan fingerprint density at radius 3 is 2.48 bits per heavy atom. The minimum absolute atomic E-state index is 0.0600. The van der Waals surface area contributed by atoms with Gasteiger partial charge in [-0.05, 0) is 53.1 Å². The molecule has 0 N–H and O–H groups in total. The molecule has 0 unspecified atom stereocenters. The Morgan fingerprint density at radius 2 is 1.77 bits per heavy atom. The summed E-state index contributed by atoms with van der Waals surface area (Å²) in [4.78, 5) is 0. The van der Waals surface area contributed by atoms with Gasteiger partial charge in [-0.2, -0.15) is 4.68 Å². The smallest absolute Gasteiger partial charge is 0.272 e. The minimum atomic E-state index is -3.76. The van der Waals surface area contributed by atoms with Crippen LogP contribution in [0.1, 0.15) is 18.4 Å². The molecule has 1 aromatic heterocycles. The highest BCUT2D eigenvalue weighted by atomic mass is 32.2. The zero-order chi connectivity index (χ0) is 28.6. The number of allylic oxidation sites excluding steroid dienone is 1. The van der Waals surface area contributed by atoms with Gasteiger partial charge in [-0.1, -0.05) is 53.7 Å². The van der Waals surface area contributed by atoms with E-state index in [0.717, 1.165) is 11.3 Å². The van der Waals surface area contributed by atoms with Crippen LogP contribution in [0.3, 0.4) is 0 Å². The normalized spacial score (nSPS) is 13.3. The van der Waals surface area contributed by atoms with E-state index < -0.39 is 15.9 Å². The van der Waals surface area contributed by atoms with Crippen molar-refractivity contribution in [2.45, 2.75) is 36.8 Å². The zero-order valence-corrected chi connectivity index (χ0v) is 23.6. The standard InChI is InChI=1S/C28H36N4O7S/c1-4-26(38-21-23-14-16-25(36-3)17-15-23)27(39-22-37-19-18-35-2)13-9-6-10-20-40(33,34)28-29-30-31-32(28)24-11-7-5-8-12-24/h4-8,10-12,14-17,26-27H,1,9,13,18-22H2,2-3H3/b10-6+/t26-,27-/m0/s1. The molecule has 3 rings (SSSR count). The number of para-hydroxylation sites is 1. The number of hydrogen-bond acceptors (Lipinski definition) is 10. The SMILES string of the molecule is C=C[C@H](OCc1ccc(OC)cc1)[C@H](CC/C=C/CS(=O)(=O)c1nnnn1-c1ccccc1)OCOCCOC. The lowest BCUT2D eigenvalue weighted by Crippen LogP contribution is -2.31. The molecule has 0 fully saturated rings. The Hall–Kier alpha value is -3.42. The van der Waals surface area contributed by atoms with Gasteiger partial charge in [0.1, 0.15) is 18.6 Å². The van der Waals surface area contributed by atoms with E-state index in [2.05, 4.69) is 22.1 Å². The zero-order valence-electron chi connectivity index (χ0n) is 22.8. The van der Waals surface area contributed by atoms with Crippen molar-refractivity contribution in [3.05, 3.63) is 85.0 Å². The average Bonchev–Trinajstić information content (AvgIpc) is 3.49. The first-order valence-electron chi connectivity index (χ1n) is 12.8. The van der Waals surface area contributed by atoms with Gasteiger partial charge in [0.25, 0.3) is 5.16 Å². The van der Waals surface area contributed by atoms with E-state index in [1.54, 1.807) is 56.7 Å². The lowest BCUT2D eigenvalue weighted by Gasteiger charge is -2.25. The van der Waals surface area contributed by atoms with Crippen molar-refractivity contribution < 1.29 is 32.1 Å². The molecule has 0 radical (unpaired) electrons. The first-order chi connectivity index (χ1) is 19.5. The summed E-state index contributed by atoms with van der Waals surface area (Å²) >= 11 is 0. The molecule has 11 nitrogen and oxygen atoms in total. The number of rotatable bonds is 19. The van der Waals surface area contributed by atoms with Crippen LogP contribution in [0.5, 0.6) is 5.75 Å². The number of sulfone groups is 1. The molecular formula is C28H36N4O7S. The Balaban J connectivity index is 1.58. The molecule has 0 aliphatic heterocycles. The molecule has 0 aliphatic carbocycles. The van der Waals surface area contributed by atoms with E-state index in [-0.39, 0.29) is 23.8 Å². The molecule has 2 aromatic carbocycles. The van der Waals surface area contributed by atoms with Crippen LogP contribution in [0.2, 0.25) is 0 Å². The van der Waals surface area contributed by atoms with Gasteiger partial charge in [0.15, 0.2) is 0 Å². The van der Waals surface area contributed by atoms with Crippen molar-refractivity contribution in [2.75, 3.05) is 40.0 Å². The maximum absolute atomic E-state index is 12.9. The van der Waals surface area contributed by atoms with E-state index >= 15 is 0 Å². The van der Waals surface area contributed by atoms with Crippen molar-refractivity contribution in [2.24, 2.45) is 0 Å². The van der Waals surface area contributed by atoms with Crippen molar-refractivity contribution in [3.63, 3.8) is 0 Å². The average molecular weight is 573 g/mol. The van der Waals surface area contributed by atoms with Crippen LogP contribution < -0.4 is 4.74 Å². The summed E-state index contributed by atoms with van der Waals surface area (Å²) in [7, 11) is -0.539. The summed E-state index contributed by atoms with van der Waals surface area (Å²) in [5, 5.41) is 10.9. The first kappa shape index (κ1) is 31.1. The van der Waals surface area contributed by atoms with Crippen LogP contribution in [-0.2, 0) is 35.4 Å². The largest absolute Gasteiger partial charge is 0.497 e. The molecule has 12 heteroatoms. The molecule has 0 spiro atoms. The van der Waals surface area contributed by atoms with Crippen molar-refractivity contribution >= 4 is 9.84 Å². The molecule has 3 aromatic rings. The van der Waals surface area contributed by atoms with E-state index in [1.165, 1.54) is 4.68 Å². The number of benzene rings is 2. The van der Waals surface area contributed by atoms with Crippen LogP contribution in [0.15, 0.2) is 84.6 Å². The number of methoxy groups -OCH3 is 2. The van der Waals surface area contributed by atoms with Gasteiger partial charge >= 0.3 is 0 Å². The lowest BCUT2D eigenvalue weighted by atomic mass is 10.1. The predicted molar refractivity (Wildman–Crippen MR) is 149 cm³/mol. The molecule has 0 amide bonds. The molecule has 0 saturated heterocycles. The second-order valence-electron chi connectivity index (χ2n) is 8.62. The predicted octanol–water partition coefficient (Wildman–Crippen LogP) is 3.56. The third kappa shape index (κ3) is 9.65. The Kier molecular flexibility index (Phi) is 12.9. The maximum Gasteiger partial charge on any atom is 0.272 e. The van der Waals surface area contributed by atoms with Gasteiger partial charge in [-0.15, -0.1) is 6.58 Å². The number of aromatic nitrogens is 4. The Bertz CT molecular complexity index is 1280. The quantitative estimate of drug-likeness (QED) is 0.120. The molecule has 216 valence electrons. The monoisotopic (exact) mass is 572 g/mol. The van der Waals surface area contributed by atoms with Gasteiger partial charge in [0.2, 0.25) is 9.84 Å². The van der Waals surface area contributed by atoms with Gasteiger partial charge < -0.3 is 23.7 Å². The first-order valence-corrected chi connectivity index (χ1v) is 14.4. The van der Waals surface area contributed by atoms with E-state index in [1.807, 2.05) is 30.3 Å². The summed E-state index contributed by atoms with van der Waals surface area (Å²) in [6, 6.07) is 16.5. The van der Waals surface area contributed by atoms with Crippen LogP contribution in [-0.4, -0.2) is 80.8 Å². The fourth-order valence-corrected chi connectivity index (χ4v) is 4.78.